The number of hydrogen-bond donors (Lipinski definition) is 0. The molecule has 7 rings (SSSR count). The Labute approximate surface area is 245 Å². The predicted molar refractivity (Wildman–Crippen MR) is 168 cm³/mol. The lowest BCUT2D eigenvalue weighted by Crippen LogP contribution is -2.69. The van der Waals surface area contributed by atoms with Crippen LogP contribution in [0.5, 0.6) is 0 Å². The zero-order chi connectivity index (χ0) is 28.2. The fraction of sp³-hybridized carbons (Fsp3) is 0.282. The minimum atomic E-state index is -0.0299. The maximum absolute atomic E-state index is 2.65. The van der Waals surface area contributed by atoms with Gasteiger partial charge in [-0.2, -0.15) is 9.13 Å². The first-order valence-corrected chi connectivity index (χ1v) is 15.3. The summed E-state index contributed by atoms with van der Waals surface area (Å²) in [5.41, 5.74) is 12.3. The average molecular weight is 537 g/mol. The topological polar surface area (TPSA) is 7.76 Å². The van der Waals surface area contributed by atoms with Crippen LogP contribution in [0.2, 0.25) is 0 Å². The van der Waals surface area contributed by atoms with Gasteiger partial charge in [-0.15, -0.1) is 0 Å². The fourth-order valence-corrected chi connectivity index (χ4v) is 8.20. The number of pyridine rings is 2. The van der Waals surface area contributed by atoms with Crippen LogP contribution in [0.1, 0.15) is 69.2 Å². The first-order valence-electron chi connectivity index (χ1n) is 15.3. The second kappa shape index (κ2) is 9.80. The molecule has 204 valence electrons. The summed E-state index contributed by atoms with van der Waals surface area (Å²) in [4.78, 5) is 0. The molecule has 0 saturated heterocycles. The lowest BCUT2D eigenvalue weighted by Gasteiger charge is -2.48. The summed E-state index contributed by atoms with van der Waals surface area (Å²) >= 11 is 0. The number of fused-ring (bicyclic) bond motifs is 6. The molecule has 5 aromatic rings. The van der Waals surface area contributed by atoms with Gasteiger partial charge in [0.25, 0.3) is 0 Å². The van der Waals surface area contributed by atoms with Gasteiger partial charge in [0.2, 0.25) is 11.4 Å². The molecule has 0 spiro atoms. The second-order valence-corrected chi connectivity index (χ2v) is 12.3. The molecule has 3 unspecified atom stereocenters. The number of hydrogen-bond acceptors (Lipinski definition) is 0. The summed E-state index contributed by atoms with van der Waals surface area (Å²) in [6, 6.07) is 38.8. The maximum Gasteiger partial charge on any atom is 0.213 e. The molecule has 0 saturated carbocycles. The molecule has 2 aliphatic rings. The van der Waals surface area contributed by atoms with Gasteiger partial charge in [0.15, 0.2) is 24.0 Å². The van der Waals surface area contributed by atoms with E-state index in [9.17, 15) is 0 Å². The van der Waals surface area contributed by atoms with Crippen LogP contribution >= 0.6 is 0 Å². The third-order valence-corrected chi connectivity index (χ3v) is 10.5. The Bertz CT molecular complexity index is 1750. The van der Waals surface area contributed by atoms with E-state index in [1.165, 1.54) is 50.3 Å². The average Bonchev–Trinajstić information content (AvgIpc) is 3.33. The largest absolute Gasteiger partial charge is 0.213 e. The summed E-state index contributed by atoms with van der Waals surface area (Å²) in [6.07, 6.45) is 9.04. The van der Waals surface area contributed by atoms with Crippen molar-refractivity contribution in [2.24, 2.45) is 0 Å². The van der Waals surface area contributed by atoms with E-state index in [0.717, 1.165) is 25.7 Å². The van der Waals surface area contributed by atoms with Crippen LogP contribution in [-0.4, -0.2) is 0 Å². The lowest BCUT2D eigenvalue weighted by molar-refractivity contribution is -0.772. The third-order valence-electron chi connectivity index (χ3n) is 10.5. The van der Waals surface area contributed by atoms with E-state index >= 15 is 0 Å². The van der Waals surface area contributed by atoms with Gasteiger partial charge in [0.05, 0.1) is 16.5 Å². The molecule has 0 N–H and O–H groups in total. The Hall–Kier alpha value is -4.04. The number of aromatic nitrogens is 2. The van der Waals surface area contributed by atoms with Crippen molar-refractivity contribution in [3.8, 4) is 33.6 Å². The van der Waals surface area contributed by atoms with Crippen LogP contribution in [-0.2, 0) is 11.0 Å². The molecule has 2 heteroatoms. The van der Waals surface area contributed by atoms with Crippen molar-refractivity contribution in [2.75, 3.05) is 0 Å². The lowest BCUT2D eigenvalue weighted by atomic mass is 9.58. The highest BCUT2D eigenvalue weighted by molar-refractivity contribution is 5.73. The maximum atomic E-state index is 2.65. The van der Waals surface area contributed by atoms with Crippen molar-refractivity contribution in [1.82, 2.24) is 0 Å². The van der Waals surface area contributed by atoms with Gasteiger partial charge in [-0.1, -0.05) is 68.4 Å². The van der Waals surface area contributed by atoms with Gasteiger partial charge < -0.3 is 0 Å². The van der Waals surface area contributed by atoms with E-state index in [4.69, 9.17) is 0 Å². The summed E-state index contributed by atoms with van der Waals surface area (Å²) in [5.74, 6) is 0. The Morgan fingerprint density at radius 3 is 2.27 bits per heavy atom. The molecular formula is C39H40N2+2. The van der Waals surface area contributed by atoms with Gasteiger partial charge in [-0.05, 0) is 66.8 Å². The molecule has 0 radical (unpaired) electrons. The second-order valence-electron chi connectivity index (χ2n) is 12.3. The molecule has 0 aliphatic carbocycles. The van der Waals surface area contributed by atoms with E-state index < -0.39 is 0 Å². The third kappa shape index (κ3) is 3.76. The van der Waals surface area contributed by atoms with Crippen molar-refractivity contribution in [3.63, 3.8) is 0 Å². The fourth-order valence-electron chi connectivity index (χ4n) is 8.20. The van der Waals surface area contributed by atoms with E-state index in [0.29, 0.717) is 6.04 Å². The quantitative estimate of drug-likeness (QED) is 0.192. The molecular weight excluding hydrogens is 496 g/mol. The molecule has 2 aliphatic heterocycles. The van der Waals surface area contributed by atoms with Crippen molar-refractivity contribution in [3.05, 3.63) is 132 Å². The Kier molecular flexibility index (Phi) is 6.19. The molecule has 0 bridgehead atoms. The molecule has 4 heterocycles. The normalized spacial score (nSPS) is 22.0. The molecule has 2 aromatic heterocycles. The number of rotatable bonds is 6. The van der Waals surface area contributed by atoms with Gasteiger partial charge in [-0.25, -0.2) is 0 Å². The first kappa shape index (κ1) is 25.9. The van der Waals surface area contributed by atoms with Gasteiger partial charge in [0.1, 0.15) is 0 Å². The van der Waals surface area contributed by atoms with Crippen LogP contribution in [0.15, 0.2) is 116 Å². The highest BCUT2D eigenvalue weighted by Gasteiger charge is 2.59. The Balaban J connectivity index is 1.36. The zero-order valence-electron chi connectivity index (χ0n) is 24.8. The molecule has 3 atom stereocenters. The van der Waals surface area contributed by atoms with Crippen LogP contribution in [0.4, 0.5) is 0 Å². The first-order chi connectivity index (χ1) is 20.0. The van der Waals surface area contributed by atoms with Gasteiger partial charge in [0, 0.05) is 49.1 Å². The van der Waals surface area contributed by atoms with Gasteiger partial charge >= 0.3 is 0 Å². The molecule has 3 aromatic carbocycles. The number of aryl methyl sites for hydroxylation is 1. The summed E-state index contributed by atoms with van der Waals surface area (Å²) in [5, 5.41) is 0. The number of nitrogens with zero attached hydrogens (tertiary/aromatic N) is 2. The smallest absolute Gasteiger partial charge is 0.192 e. The molecule has 41 heavy (non-hydrogen) atoms. The van der Waals surface area contributed by atoms with Crippen LogP contribution in [0, 0.1) is 6.92 Å². The summed E-state index contributed by atoms with van der Waals surface area (Å²) in [6.45, 7) is 9.53. The molecule has 0 fully saturated rings. The van der Waals surface area contributed by atoms with Crippen LogP contribution in [0.3, 0.4) is 0 Å². The van der Waals surface area contributed by atoms with E-state index in [1.807, 2.05) is 0 Å². The molecule has 0 amide bonds. The van der Waals surface area contributed by atoms with Gasteiger partial charge in [-0.3, -0.25) is 0 Å². The Morgan fingerprint density at radius 1 is 0.683 bits per heavy atom. The monoisotopic (exact) mass is 536 g/mol. The zero-order valence-corrected chi connectivity index (χ0v) is 24.8. The van der Waals surface area contributed by atoms with E-state index in [2.05, 4.69) is 152 Å². The number of benzene rings is 3. The molecule has 2 nitrogen and oxygen atoms in total. The van der Waals surface area contributed by atoms with E-state index in [-0.39, 0.29) is 11.0 Å². The predicted octanol–water partition coefficient (Wildman–Crippen LogP) is 8.74. The SMILES string of the molecule is CCC1(C)c2ccccc2-c2cccc[n+]2C1(CC)CCC1c2cc(-c3ccccc3)ccc2-c2cc(C)cc[n+]21. The van der Waals surface area contributed by atoms with Crippen LogP contribution in [0.25, 0.3) is 33.6 Å². The minimum Gasteiger partial charge on any atom is -0.192 e. The van der Waals surface area contributed by atoms with Crippen molar-refractivity contribution in [2.45, 2.75) is 70.4 Å². The summed E-state index contributed by atoms with van der Waals surface area (Å²) < 4.78 is 5.20. The van der Waals surface area contributed by atoms with Crippen molar-refractivity contribution >= 4 is 0 Å². The highest BCUT2D eigenvalue weighted by atomic mass is 15.1. The van der Waals surface area contributed by atoms with Crippen molar-refractivity contribution in [1.29, 1.82) is 0 Å². The standard InChI is InChI=1S/C39H40N2/c1-5-38(4)34-17-11-10-16-32(34)36-18-12-13-24-41(36)39(38,6-2)23-21-35-33-27-30(29-14-8-7-9-15-29)19-20-31(33)37-26-28(3)22-25-40(35)37/h7-20,22,24-27,35H,5-6,21,23H2,1-4H3/q+2. The van der Waals surface area contributed by atoms with Crippen LogP contribution < -0.4 is 9.13 Å². The Morgan fingerprint density at radius 2 is 1.46 bits per heavy atom. The summed E-state index contributed by atoms with van der Waals surface area (Å²) in [7, 11) is 0. The highest BCUT2D eigenvalue weighted by Crippen LogP contribution is 2.52. The minimum absolute atomic E-state index is 0.0193. The van der Waals surface area contributed by atoms with E-state index in [1.54, 1.807) is 0 Å². The van der Waals surface area contributed by atoms with Crippen molar-refractivity contribution < 1.29 is 9.13 Å².